The van der Waals surface area contributed by atoms with Crippen LogP contribution in [0.4, 0.5) is 4.39 Å². The molecule has 1 fully saturated rings. The van der Waals surface area contributed by atoms with Crippen LogP contribution in [0.15, 0.2) is 16.6 Å². The Morgan fingerprint density at radius 3 is 2.53 bits per heavy atom. The molecule has 1 aliphatic carbocycles. The van der Waals surface area contributed by atoms with Crippen molar-refractivity contribution in [2.75, 3.05) is 0 Å². The fraction of sp³-hybridized carbons (Fsp3) is 0.500. The third-order valence-corrected chi connectivity index (χ3v) is 3.95. The van der Waals surface area contributed by atoms with Crippen molar-refractivity contribution in [3.63, 3.8) is 0 Å². The summed E-state index contributed by atoms with van der Waals surface area (Å²) in [4.78, 5) is 0. The number of hydrogen-bond donors (Lipinski definition) is 1. The van der Waals surface area contributed by atoms with Gasteiger partial charge in [-0.2, -0.15) is 0 Å². The molecule has 1 atom stereocenters. The maximum absolute atomic E-state index is 14.0. The summed E-state index contributed by atoms with van der Waals surface area (Å²) < 4.78 is 14.5. The zero-order valence-electron chi connectivity index (χ0n) is 8.98. The molecule has 0 spiro atoms. The summed E-state index contributed by atoms with van der Waals surface area (Å²) >= 11 is 3.25. The van der Waals surface area contributed by atoms with Gasteiger partial charge in [0.1, 0.15) is 5.82 Å². The van der Waals surface area contributed by atoms with Crippen molar-refractivity contribution in [3.05, 3.63) is 33.5 Å². The molecular weight excluding hydrogens is 257 g/mol. The molecule has 1 aromatic carbocycles. The van der Waals surface area contributed by atoms with Crippen molar-refractivity contribution < 1.29 is 4.39 Å². The number of hydrogen-bond acceptors (Lipinski definition) is 1. The number of nitrogens with two attached hydrogens (primary N) is 1. The highest BCUT2D eigenvalue weighted by molar-refractivity contribution is 9.10. The number of rotatable bonds is 2. The molecule has 0 amide bonds. The lowest BCUT2D eigenvalue weighted by atomic mass is 9.88. The summed E-state index contributed by atoms with van der Waals surface area (Å²) in [5, 5.41) is 0. The summed E-state index contributed by atoms with van der Waals surface area (Å²) in [6, 6.07) is 3.74. The molecular formula is C12H15BrFN. The van der Waals surface area contributed by atoms with E-state index in [0.717, 1.165) is 24.0 Å². The van der Waals surface area contributed by atoms with Crippen molar-refractivity contribution >= 4 is 15.9 Å². The van der Waals surface area contributed by atoms with Crippen LogP contribution in [0.3, 0.4) is 0 Å². The zero-order chi connectivity index (χ0) is 11.2. The number of aryl methyl sites for hydroxylation is 1. The van der Waals surface area contributed by atoms with Gasteiger partial charge in [0.05, 0.1) is 4.47 Å². The van der Waals surface area contributed by atoms with Crippen molar-refractivity contribution in [3.8, 4) is 0 Å². The first-order chi connectivity index (χ1) is 6.97. The Hall–Kier alpha value is -0.410. The van der Waals surface area contributed by atoms with Gasteiger partial charge in [-0.05, 0) is 59.8 Å². The highest BCUT2D eigenvalue weighted by Crippen LogP contribution is 2.51. The Bertz CT molecular complexity index is 397. The molecule has 0 bridgehead atoms. The third-order valence-electron chi connectivity index (χ3n) is 3.37. The molecule has 0 saturated heterocycles. The van der Waals surface area contributed by atoms with E-state index in [0.29, 0.717) is 4.47 Å². The molecule has 3 heteroatoms. The normalized spacial score (nSPS) is 20.1. The van der Waals surface area contributed by atoms with Crippen LogP contribution in [0.1, 0.15) is 30.9 Å². The molecule has 0 radical (unpaired) electrons. The Kier molecular flexibility index (Phi) is 2.63. The van der Waals surface area contributed by atoms with E-state index in [9.17, 15) is 4.39 Å². The smallest absolute Gasteiger partial charge is 0.141 e. The zero-order valence-corrected chi connectivity index (χ0v) is 10.6. The van der Waals surface area contributed by atoms with E-state index >= 15 is 0 Å². The lowest BCUT2D eigenvalue weighted by Gasteiger charge is -2.21. The largest absolute Gasteiger partial charge is 0.327 e. The SMILES string of the molecule is Cc1cc(Br)c(F)c(C2(C(C)N)CC2)c1. The highest BCUT2D eigenvalue weighted by atomic mass is 79.9. The minimum absolute atomic E-state index is 0.0145. The third kappa shape index (κ3) is 1.72. The Morgan fingerprint density at radius 2 is 2.07 bits per heavy atom. The molecule has 0 aromatic heterocycles. The summed E-state index contributed by atoms with van der Waals surface area (Å²) in [6.45, 7) is 3.94. The minimum atomic E-state index is -0.143. The van der Waals surface area contributed by atoms with E-state index in [1.807, 2.05) is 19.9 Å². The maximum Gasteiger partial charge on any atom is 0.141 e. The minimum Gasteiger partial charge on any atom is -0.327 e. The van der Waals surface area contributed by atoms with Crippen LogP contribution in [0.5, 0.6) is 0 Å². The predicted octanol–water partition coefficient (Wildman–Crippen LogP) is 3.28. The number of benzene rings is 1. The van der Waals surface area contributed by atoms with Gasteiger partial charge in [0.25, 0.3) is 0 Å². The Balaban J connectivity index is 2.53. The first-order valence-electron chi connectivity index (χ1n) is 5.19. The summed E-state index contributed by atoms with van der Waals surface area (Å²) in [6.07, 6.45) is 2.00. The molecule has 15 heavy (non-hydrogen) atoms. The molecule has 2 N–H and O–H groups in total. The van der Waals surface area contributed by atoms with Crippen LogP contribution < -0.4 is 5.73 Å². The average Bonchev–Trinajstić information content (AvgIpc) is 2.91. The monoisotopic (exact) mass is 271 g/mol. The van der Waals surface area contributed by atoms with Crippen LogP contribution in [0.25, 0.3) is 0 Å². The van der Waals surface area contributed by atoms with Gasteiger partial charge in [-0.3, -0.25) is 0 Å². The quantitative estimate of drug-likeness (QED) is 0.878. The average molecular weight is 272 g/mol. The topological polar surface area (TPSA) is 26.0 Å². The van der Waals surface area contributed by atoms with E-state index in [2.05, 4.69) is 15.9 Å². The van der Waals surface area contributed by atoms with Crippen molar-refractivity contribution in [2.24, 2.45) is 5.73 Å². The first kappa shape index (κ1) is 11.1. The molecule has 1 nitrogen and oxygen atoms in total. The molecule has 1 aromatic rings. The Labute approximate surface area is 98.0 Å². The Morgan fingerprint density at radius 1 is 1.47 bits per heavy atom. The van der Waals surface area contributed by atoms with Crippen LogP contribution in [0.2, 0.25) is 0 Å². The van der Waals surface area contributed by atoms with Crippen LogP contribution in [0, 0.1) is 12.7 Å². The molecule has 0 aliphatic heterocycles. The highest BCUT2D eigenvalue weighted by Gasteiger charge is 2.49. The van der Waals surface area contributed by atoms with Crippen molar-refractivity contribution in [2.45, 2.75) is 38.1 Å². The second-order valence-corrected chi connectivity index (χ2v) is 5.41. The second-order valence-electron chi connectivity index (χ2n) is 4.55. The van der Waals surface area contributed by atoms with Gasteiger partial charge in [0.2, 0.25) is 0 Å². The lowest BCUT2D eigenvalue weighted by molar-refractivity contribution is 0.509. The molecule has 0 heterocycles. The number of halogens is 2. The second kappa shape index (κ2) is 3.56. The van der Waals surface area contributed by atoms with Crippen LogP contribution >= 0.6 is 15.9 Å². The van der Waals surface area contributed by atoms with Crippen molar-refractivity contribution in [1.82, 2.24) is 0 Å². The summed E-state index contributed by atoms with van der Waals surface area (Å²) in [5.41, 5.74) is 7.70. The summed E-state index contributed by atoms with van der Waals surface area (Å²) in [5.74, 6) is -0.143. The van der Waals surface area contributed by atoms with E-state index in [4.69, 9.17) is 5.73 Å². The molecule has 1 aliphatic rings. The lowest BCUT2D eigenvalue weighted by Crippen LogP contribution is -2.32. The van der Waals surface area contributed by atoms with E-state index in [1.54, 1.807) is 6.07 Å². The van der Waals surface area contributed by atoms with Gasteiger partial charge in [0.15, 0.2) is 0 Å². The molecule has 82 valence electrons. The standard InChI is InChI=1S/C12H15BrFN/c1-7-5-9(11(14)10(13)6-7)12(3-4-12)8(2)15/h5-6,8H,3-4,15H2,1-2H3. The van der Waals surface area contributed by atoms with Gasteiger partial charge < -0.3 is 5.73 Å². The van der Waals surface area contributed by atoms with Gasteiger partial charge in [0, 0.05) is 11.5 Å². The predicted molar refractivity (Wildman–Crippen MR) is 63.4 cm³/mol. The van der Waals surface area contributed by atoms with E-state index in [1.165, 1.54) is 0 Å². The fourth-order valence-electron chi connectivity index (χ4n) is 2.19. The van der Waals surface area contributed by atoms with E-state index in [-0.39, 0.29) is 17.3 Å². The van der Waals surface area contributed by atoms with Gasteiger partial charge in [-0.1, -0.05) is 6.07 Å². The fourth-order valence-corrected chi connectivity index (χ4v) is 2.77. The van der Waals surface area contributed by atoms with Gasteiger partial charge >= 0.3 is 0 Å². The van der Waals surface area contributed by atoms with Gasteiger partial charge in [-0.15, -0.1) is 0 Å². The van der Waals surface area contributed by atoms with E-state index < -0.39 is 0 Å². The maximum atomic E-state index is 14.0. The first-order valence-corrected chi connectivity index (χ1v) is 5.98. The molecule has 1 saturated carbocycles. The van der Waals surface area contributed by atoms with Crippen LogP contribution in [-0.2, 0) is 5.41 Å². The summed E-state index contributed by atoms with van der Waals surface area (Å²) in [7, 11) is 0. The van der Waals surface area contributed by atoms with Crippen molar-refractivity contribution in [1.29, 1.82) is 0 Å². The van der Waals surface area contributed by atoms with Gasteiger partial charge in [-0.25, -0.2) is 4.39 Å². The molecule has 2 rings (SSSR count). The van der Waals surface area contributed by atoms with Crippen LogP contribution in [-0.4, -0.2) is 6.04 Å². The molecule has 1 unspecified atom stereocenters.